The molecule has 2 aromatic rings. The molecule has 0 amide bonds. The minimum absolute atomic E-state index is 0.0707. The monoisotopic (exact) mass is 468 g/mol. The molecule has 1 N–H and O–H groups in total. The first kappa shape index (κ1) is 23.5. The molecular formula is C21H28N2O6S2. The van der Waals surface area contributed by atoms with Crippen LogP contribution < -0.4 is 14.2 Å². The van der Waals surface area contributed by atoms with Crippen molar-refractivity contribution in [2.45, 2.75) is 36.0 Å². The number of methoxy groups -OCH3 is 1. The van der Waals surface area contributed by atoms with Crippen molar-refractivity contribution in [2.75, 3.05) is 33.4 Å². The van der Waals surface area contributed by atoms with E-state index in [1.54, 1.807) is 31.2 Å². The highest BCUT2D eigenvalue weighted by Crippen LogP contribution is 2.23. The SMILES string of the molecule is COc1ccc(S(=O)(=O)NCCOc2ccc(S(=O)(=O)N3CCCCC3)cc2)cc1C. The summed E-state index contributed by atoms with van der Waals surface area (Å²) >= 11 is 0. The first-order valence-corrected chi connectivity index (χ1v) is 13.0. The van der Waals surface area contributed by atoms with E-state index in [2.05, 4.69) is 4.72 Å². The maximum Gasteiger partial charge on any atom is 0.243 e. The molecule has 0 aromatic heterocycles. The summed E-state index contributed by atoms with van der Waals surface area (Å²) in [4.78, 5) is 0.385. The zero-order chi connectivity index (χ0) is 22.5. The second-order valence-electron chi connectivity index (χ2n) is 7.31. The molecule has 170 valence electrons. The molecule has 0 bridgehead atoms. The molecule has 31 heavy (non-hydrogen) atoms. The van der Waals surface area contributed by atoms with E-state index >= 15 is 0 Å². The van der Waals surface area contributed by atoms with Crippen LogP contribution >= 0.6 is 0 Å². The number of rotatable bonds is 9. The van der Waals surface area contributed by atoms with Crippen molar-refractivity contribution in [3.63, 3.8) is 0 Å². The predicted octanol–water partition coefficient (Wildman–Crippen LogP) is 2.54. The molecule has 8 nitrogen and oxygen atoms in total. The first-order valence-electron chi connectivity index (χ1n) is 10.1. The fourth-order valence-electron chi connectivity index (χ4n) is 3.41. The summed E-state index contributed by atoms with van der Waals surface area (Å²) in [5.41, 5.74) is 0.723. The van der Waals surface area contributed by atoms with Crippen LogP contribution in [-0.4, -0.2) is 54.5 Å². The molecule has 1 heterocycles. The fourth-order valence-corrected chi connectivity index (χ4v) is 6.02. The van der Waals surface area contributed by atoms with Gasteiger partial charge in [0.15, 0.2) is 0 Å². The van der Waals surface area contributed by atoms with Gasteiger partial charge in [-0.3, -0.25) is 0 Å². The minimum atomic E-state index is -3.67. The Balaban J connectivity index is 1.53. The molecule has 0 spiro atoms. The van der Waals surface area contributed by atoms with Gasteiger partial charge in [0.25, 0.3) is 0 Å². The number of ether oxygens (including phenoxy) is 2. The number of nitrogens with one attached hydrogen (secondary N) is 1. The molecule has 1 fully saturated rings. The molecule has 1 aliphatic rings. The lowest BCUT2D eigenvalue weighted by molar-refractivity contribution is 0.322. The van der Waals surface area contributed by atoms with E-state index < -0.39 is 20.0 Å². The third-order valence-electron chi connectivity index (χ3n) is 5.12. The third-order valence-corrected chi connectivity index (χ3v) is 8.49. The van der Waals surface area contributed by atoms with E-state index in [-0.39, 0.29) is 22.9 Å². The zero-order valence-corrected chi connectivity index (χ0v) is 19.3. The van der Waals surface area contributed by atoms with Gasteiger partial charge in [0.05, 0.1) is 16.9 Å². The molecule has 3 rings (SSSR count). The summed E-state index contributed by atoms with van der Waals surface area (Å²) in [7, 11) is -5.63. The number of nitrogens with zero attached hydrogens (tertiary/aromatic N) is 1. The van der Waals surface area contributed by atoms with E-state index in [0.29, 0.717) is 24.6 Å². The van der Waals surface area contributed by atoms with Crippen molar-refractivity contribution in [1.29, 1.82) is 0 Å². The number of hydrogen-bond acceptors (Lipinski definition) is 6. The Labute approximate surface area is 184 Å². The van der Waals surface area contributed by atoms with E-state index in [9.17, 15) is 16.8 Å². The zero-order valence-electron chi connectivity index (χ0n) is 17.7. The number of piperidine rings is 1. The number of sulfonamides is 2. The lowest BCUT2D eigenvalue weighted by atomic mass is 10.2. The number of aryl methyl sites for hydroxylation is 1. The Bertz CT molecular complexity index is 1090. The lowest BCUT2D eigenvalue weighted by Gasteiger charge is -2.25. The normalized spacial score (nSPS) is 15.5. The quantitative estimate of drug-likeness (QED) is 0.568. The van der Waals surface area contributed by atoms with Crippen LogP contribution in [0.3, 0.4) is 0 Å². The number of hydrogen-bond donors (Lipinski definition) is 1. The summed E-state index contributed by atoms with van der Waals surface area (Å²) in [6.45, 7) is 3.05. The van der Waals surface area contributed by atoms with Gasteiger partial charge in [0.1, 0.15) is 18.1 Å². The maximum atomic E-state index is 12.7. The second kappa shape index (κ2) is 9.99. The smallest absolute Gasteiger partial charge is 0.243 e. The maximum absolute atomic E-state index is 12.7. The van der Waals surface area contributed by atoms with Crippen LogP contribution in [-0.2, 0) is 20.0 Å². The van der Waals surface area contributed by atoms with Crippen LogP contribution in [0.4, 0.5) is 0 Å². The number of benzene rings is 2. The molecule has 0 unspecified atom stereocenters. The van der Waals surface area contributed by atoms with Crippen LogP contribution in [0.15, 0.2) is 52.3 Å². The average Bonchev–Trinajstić information content (AvgIpc) is 2.77. The third kappa shape index (κ3) is 5.76. The summed E-state index contributed by atoms with van der Waals surface area (Å²) < 4.78 is 64.9. The fraction of sp³-hybridized carbons (Fsp3) is 0.429. The van der Waals surface area contributed by atoms with Gasteiger partial charge in [-0.15, -0.1) is 0 Å². The molecule has 0 atom stereocenters. The average molecular weight is 469 g/mol. The molecular weight excluding hydrogens is 440 g/mol. The van der Waals surface area contributed by atoms with Crippen molar-refractivity contribution in [2.24, 2.45) is 0 Å². The van der Waals surface area contributed by atoms with E-state index in [1.807, 2.05) is 0 Å². The Morgan fingerprint density at radius 3 is 2.19 bits per heavy atom. The largest absolute Gasteiger partial charge is 0.496 e. The van der Waals surface area contributed by atoms with Crippen molar-refractivity contribution in [1.82, 2.24) is 9.03 Å². The Morgan fingerprint density at radius 2 is 1.58 bits per heavy atom. The lowest BCUT2D eigenvalue weighted by Crippen LogP contribution is -2.35. The Kier molecular flexibility index (Phi) is 7.58. The van der Waals surface area contributed by atoms with Crippen molar-refractivity contribution in [3.05, 3.63) is 48.0 Å². The molecule has 1 saturated heterocycles. The van der Waals surface area contributed by atoms with Crippen LogP contribution in [0.1, 0.15) is 24.8 Å². The summed E-state index contributed by atoms with van der Waals surface area (Å²) in [5, 5.41) is 0. The summed E-state index contributed by atoms with van der Waals surface area (Å²) in [6.07, 6.45) is 2.82. The standard InChI is InChI=1S/C21H28N2O6S2/c1-17-16-20(10-11-21(17)28-2)30(24,25)22-12-15-29-18-6-8-19(9-7-18)31(26,27)23-13-4-3-5-14-23/h6-11,16,22H,3-5,12-15H2,1-2H3. The van der Waals surface area contributed by atoms with Gasteiger partial charge >= 0.3 is 0 Å². The second-order valence-corrected chi connectivity index (χ2v) is 11.0. The molecule has 2 aromatic carbocycles. The molecule has 0 aliphatic carbocycles. The van der Waals surface area contributed by atoms with E-state index in [1.165, 1.54) is 29.6 Å². The van der Waals surface area contributed by atoms with Gasteiger partial charge in [-0.1, -0.05) is 6.42 Å². The summed E-state index contributed by atoms with van der Waals surface area (Å²) in [6, 6.07) is 10.8. The summed E-state index contributed by atoms with van der Waals surface area (Å²) in [5.74, 6) is 1.09. The Morgan fingerprint density at radius 1 is 0.935 bits per heavy atom. The van der Waals surface area contributed by atoms with E-state index in [4.69, 9.17) is 9.47 Å². The van der Waals surface area contributed by atoms with Gasteiger partial charge < -0.3 is 9.47 Å². The van der Waals surface area contributed by atoms with Crippen LogP contribution in [0.25, 0.3) is 0 Å². The molecule has 0 radical (unpaired) electrons. The van der Waals surface area contributed by atoms with Gasteiger partial charge in [-0.05, 0) is 67.8 Å². The predicted molar refractivity (Wildman–Crippen MR) is 117 cm³/mol. The van der Waals surface area contributed by atoms with Crippen LogP contribution in [0, 0.1) is 6.92 Å². The van der Waals surface area contributed by atoms with Crippen molar-refractivity contribution < 1.29 is 26.3 Å². The topological polar surface area (TPSA) is 102 Å². The highest BCUT2D eigenvalue weighted by Gasteiger charge is 2.25. The first-order chi connectivity index (χ1) is 14.7. The minimum Gasteiger partial charge on any atom is -0.496 e. The molecule has 10 heteroatoms. The van der Waals surface area contributed by atoms with Gasteiger partial charge in [0.2, 0.25) is 20.0 Å². The van der Waals surface area contributed by atoms with Crippen molar-refractivity contribution in [3.8, 4) is 11.5 Å². The highest BCUT2D eigenvalue weighted by atomic mass is 32.2. The van der Waals surface area contributed by atoms with Crippen LogP contribution in [0.2, 0.25) is 0 Å². The van der Waals surface area contributed by atoms with Gasteiger partial charge in [0, 0.05) is 19.6 Å². The Hall–Kier alpha value is -2.14. The van der Waals surface area contributed by atoms with E-state index in [0.717, 1.165) is 24.8 Å². The molecule has 0 saturated carbocycles. The van der Waals surface area contributed by atoms with Gasteiger partial charge in [-0.25, -0.2) is 21.6 Å². The van der Waals surface area contributed by atoms with Gasteiger partial charge in [-0.2, -0.15) is 4.31 Å². The molecule has 1 aliphatic heterocycles. The highest BCUT2D eigenvalue weighted by molar-refractivity contribution is 7.89. The van der Waals surface area contributed by atoms with Crippen molar-refractivity contribution >= 4 is 20.0 Å². The van der Waals surface area contributed by atoms with Crippen LogP contribution in [0.5, 0.6) is 11.5 Å².